The number of hydrogen-bond donors (Lipinski definition) is 2. The van der Waals surface area contributed by atoms with Gasteiger partial charge in [0.15, 0.2) is 0 Å². The molecule has 41 heavy (non-hydrogen) atoms. The van der Waals surface area contributed by atoms with Gasteiger partial charge in [0.05, 0.1) is 6.54 Å². The summed E-state index contributed by atoms with van der Waals surface area (Å²) in [4.78, 5) is 29.7. The molecule has 0 bridgehead atoms. The number of rotatable bonds is 7. The second-order valence-electron chi connectivity index (χ2n) is 13.1. The third-order valence-electron chi connectivity index (χ3n) is 10.9. The lowest BCUT2D eigenvalue weighted by Crippen LogP contribution is -2.50. The molecule has 1 aromatic carbocycles. The van der Waals surface area contributed by atoms with Gasteiger partial charge in [-0.3, -0.25) is 9.78 Å². The molecule has 2 N–H and O–H groups in total. The van der Waals surface area contributed by atoms with Crippen LogP contribution in [0.2, 0.25) is 0 Å². The lowest BCUT2D eigenvalue weighted by Gasteiger charge is -2.57. The van der Waals surface area contributed by atoms with Gasteiger partial charge in [-0.2, -0.15) is 0 Å². The molecule has 0 radical (unpaired) electrons. The predicted octanol–water partition coefficient (Wildman–Crippen LogP) is 6.57. The number of aromatic nitrogens is 1. The molecule has 0 aliphatic heterocycles. The Balaban J connectivity index is 1.05. The molecule has 2 saturated carbocycles. The van der Waals surface area contributed by atoms with Crippen LogP contribution in [-0.4, -0.2) is 35.6 Å². The van der Waals surface area contributed by atoms with Gasteiger partial charge in [-0.1, -0.05) is 55.8 Å². The maximum atomic E-state index is 12.9. The molecule has 2 aromatic rings. The lowest BCUT2D eigenvalue weighted by atomic mass is 9.47. The molecule has 4 aliphatic rings. The first kappa shape index (κ1) is 27.7. The lowest BCUT2D eigenvalue weighted by molar-refractivity contribution is -0.154. The zero-order valence-corrected chi connectivity index (χ0v) is 24.6. The van der Waals surface area contributed by atoms with Crippen LogP contribution >= 0.6 is 0 Å². The number of carbonyl (C=O) groups excluding carboxylic acids is 2. The Morgan fingerprint density at radius 3 is 2.59 bits per heavy atom. The fraction of sp³-hybridized carbons (Fsp3) is 0.514. The van der Waals surface area contributed by atoms with Crippen molar-refractivity contribution in [2.45, 2.75) is 77.9 Å². The van der Waals surface area contributed by atoms with Crippen LogP contribution in [0.15, 0.2) is 72.6 Å². The van der Waals surface area contributed by atoms with E-state index in [9.17, 15) is 9.59 Å². The van der Waals surface area contributed by atoms with Crippen molar-refractivity contribution < 1.29 is 14.3 Å². The van der Waals surface area contributed by atoms with Crippen LogP contribution in [0.25, 0.3) is 5.57 Å². The van der Waals surface area contributed by atoms with Crippen molar-refractivity contribution in [3.8, 4) is 0 Å². The van der Waals surface area contributed by atoms with Gasteiger partial charge in [-0.25, -0.2) is 4.79 Å². The molecule has 6 rings (SSSR count). The quantitative estimate of drug-likeness (QED) is 0.300. The smallest absolute Gasteiger partial charge is 0.328 e. The number of fused-ring (bicyclic) bond motifs is 5. The molecule has 216 valence electrons. The van der Waals surface area contributed by atoms with Crippen LogP contribution in [0.5, 0.6) is 0 Å². The maximum Gasteiger partial charge on any atom is 0.328 e. The summed E-state index contributed by atoms with van der Waals surface area (Å²) in [5.41, 5.74) is 5.53. The van der Waals surface area contributed by atoms with Crippen LogP contribution < -0.4 is 10.6 Å². The van der Waals surface area contributed by atoms with Crippen molar-refractivity contribution in [1.29, 1.82) is 0 Å². The SMILES string of the molecule is CC(NC(=O)CNc1ccccc1)C(=O)OC1CCC2(C)C(=CCC3C2CCC2(C)C(c4cccnc4)=CCC32)C1. The van der Waals surface area contributed by atoms with Gasteiger partial charge in [0.25, 0.3) is 0 Å². The van der Waals surface area contributed by atoms with Crippen molar-refractivity contribution in [2.75, 3.05) is 11.9 Å². The molecule has 0 saturated heterocycles. The predicted molar refractivity (Wildman–Crippen MR) is 162 cm³/mol. The van der Waals surface area contributed by atoms with Gasteiger partial charge in [-0.05, 0) is 103 Å². The topological polar surface area (TPSA) is 80.3 Å². The van der Waals surface area contributed by atoms with Crippen LogP contribution in [0, 0.1) is 28.6 Å². The molecule has 0 spiro atoms. The summed E-state index contributed by atoms with van der Waals surface area (Å²) in [6.07, 6.45) is 16.2. The molecular weight excluding hydrogens is 510 g/mol. The molecule has 1 amide bonds. The molecule has 1 aromatic heterocycles. The maximum absolute atomic E-state index is 12.9. The number of para-hydroxylation sites is 1. The Hall–Kier alpha value is -3.41. The number of benzene rings is 1. The molecule has 6 heteroatoms. The third kappa shape index (κ3) is 5.22. The second-order valence-corrected chi connectivity index (χ2v) is 13.1. The summed E-state index contributed by atoms with van der Waals surface area (Å²) in [6.45, 7) is 6.78. The van der Waals surface area contributed by atoms with Gasteiger partial charge in [0.1, 0.15) is 12.1 Å². The van der Waals surface area contributed by atoms with Crippen LogP contribution in [0.3, 0.4) is 0 Å². The average Bonchev–Trinajstić information content (AvgIpc) is 3.34. The van der Waals surface area contributed by atoms with Crippen molar-refractivity contribution in [2.24, 2.45) is 28.6 Å². The minimum Gasteiger partial charge on any atom is -0.461 e. The Morgan fingerprint density at radius 1 is 1.00 bits per heavy atom. The summed E-state index contributed by atoms with van der Waals surface area (Å²) in [7, 11) is 0. The van der Waals surface area contributed by atoms with E-state index in [1.165, 1.54) is 29.6 Å². The first-order valence-electron chi connectivity index (χ1n) is 15.4. The highest BCUT2D eigenvalue weighted by atomic mass is 16.5. The number of anilines is 1. The number of nitrogens with zero attached hydrogens (tertiary/aromatic N) is 1. The van der Waals surface area contributed by atoms with Crippen LogP contribution in [0.1, 0.15) is 71.3 Å². The van der Waals surface area contributed by atoms with E-state index < -0.39 is 6.04 Å². The Labute approximate surface area is 244 Å². The molecule has 6 nitrogen and oxygen atoms in total. The standard InChI is InChI=1S/C35H43N3O3/c1-23(38-32(39)22-37-26-9-5-4-6-10-26)33(40)41-27-15-17-34(2)25(20-27)11-12-28-30-14-13-29(24-8-7-19-36-21-24)35(30,3)18-16-31(28)34/h4-11,13,19,21,23,27-28,30-31,37H,12,14-18,20,22H2,1-3H3,(H,38,39). The largest absolute Gasteiger partial charge is 0.461 e. The fourth-order valence-electron chi connectivity index (χ4n) is 8.62. The molecule has 4 aliphatic carbocycles. The summed E-state index contributed by atoms with van der Waals surface area (Å²) >= 11 is 0. The van der Waals surface area contributed by atoms with Crippen LogP contribution in [-0.2, 0) is 14.3 Å². The second kappa shape index (κ2) is 11.1. The highest BCUT2D eigenvalue weighted by molar-refractivity contribution is 5.86. The van der Waals surface area contributed by atoms with Gasteiger partial charge in [-0.15, -0.1) is 0 Å². The highest BCUT2D eigenvalue weighted by Gasteiger charge is 2.57. The van der Waals surface area contributed by atoms with Crippen molar-refractivity contribution in [1.82, 2.24) is 10.3 Å². The van der Waals surface area contributed by atoms with Gasteiger partial charge in [0, 0.05) is 24.5 Å². The number of nitrogens with one attached hydrogen (secondary N) is 2. The zero-order valence-electron chi connectivity index (χ0n) is 24.6. The molecule has 7 atom stereocenters. The van der Waals surface area contributed by atoms with E-state index in [-0.39, 0.29) is 35.4 Å². The normalized spacial score (nSPS) is 32.8. The number of pyridine rings is 1. The Bertz CT molecular complexity index is 1340. The monoisotopic (exact) mass is 553 g/mol. The van der Waals surface area contributed by atoms with E-state index in [1.807, 2.05) is 42.7 Å². The minimum absolute atomic E-state index is 0.109. The number of amides is 1. The van der Waals surface area contributed by atoms with Crippen molar-refractivity contribution in [3.05, 3.63) is 78.1 Å². The first-order valence-corrected chi connectivity index (χ1v) is 15.4. The first-order chi connectivity index (χ1) is 19.8. The summed E-state index contributed by atoms with van der Waals surface area (Å²) in [6, 6.07) is 13.1. The van der Waals surface area contributed by atoms with Crippen molar-refractivity contribution >= 4 is 23.1 Å². The van der Waals surface area contributed by atoms with Crippen molar-refractivity contribution in [3.63, 3.8) is 0 Å². The van der Waals surface area contributed by atoms with Gasteiger partial charge in [0.2, 0.25) is 5.91 Å². The molecule has 2 fully saturated rings. The number of ether oxygens (including phenoxy) is 1. The van der Waals surface area contributed by atoms with Crippen LogP contribution in [0.4, 0.5) is 5.69 Å². The van der Waals surface area contributed by atoms with Gasteiger partial charge >= 0.3 is 5.97 Å². The highest BCUT2D eigenvalue weighted by Crippen LogP contribution is 2.66. The summed E-state index contributed by atoms with van der Waals surface area (Å²) < 4.78 is 5.97. The molecule has 7 unspecified atom stereocenters. The van der Waals surface area contributed by atoms with E-state index in [0.717, 1.165) is 37.8 Å². The van der Waals surface area contributed by atoms with Gasteiger partial charge < -0.3 is 15.4 Å². The number of esters is 1. The number of hydrogen-bond acceptors (Lipinski definition) is 5. The van der Waals surface area contributed by atoms with E-state index >= 15 is 0 Å². The molecule has 1 heterocycles. The summed E-state index contributed by atoms with van der Waals surface area (Å²) in [5, 5.41) is 5.86. The fourth-order valence-corrected chi connectivity index (χ4v) is 8.62. The Morgan fingerprint density at radius 2 is 1.80 bits per heavy atom. The number of allylic oxidation sites excluding steroid dienone is 3. The van der Waals surface area contributed by atoms with E-state index in [1.54, 1.807) is 6.92 Å². The van der Waals surface area contributed by atoms with E-state index in [0.29, 0.717) is 17.8 Å². The summed E-state index contributed by atoms with van der Waals surface area (Å²) in [5.74, 6) is 1.45. The van der Waals surface area contributed by atoms with E-state index in [2.05, 4.69) is 53.7 Å². The molecular formula is C35H43N3O3. The zero-order chi connectivity index (χ0) is 28.6. The Kier molecular flexibility index (Phi) is 7.52. The average molecular weight is 554 g/mol. The van der Waals surface area contributed by atoms with E-state index in [4.69, 9.17) is 4.74 Å². The third-order valence-corrected chi connectivity index (χ3v) is 10.9. The minimum atomic E-state index is -0.682. The number of carbonyl (C=O) groups is 2.